The number of rotatable bonds is 4. The molecule has 0 aromatic heterocycles. The molecule has 0 spiro atoms. The molecule has 11 heavy (non-hydrogen) atoms. The average Bonchev–Trinajstić information content (AvgIpc) is 1.86. The van der Waals surface area contributed by atoms with Gasteiger partial charge in [-0.1, -0.05) is 13.8 Å². The fourth-order valence-corrected chi connectivity index (χ4v) is 0.588. The van der Waals surface area contributed by atoms with Gasteiger partial charge in [-0.3, -0.25) is 4.79 Å². The zero-order chi connectivity index (χ0) is 9.07. The van der Waals surface area contributed by atoms with Crippen molar-refractivity contribution in [3.05, 3.63) is 0 Å². The molecular weight excluding hydrogens is 154 g/mol. The molecule has 0 saturated carbocycles. The number of carbonyl (C=O) groups is 1. The van der Waals surface area contributed by atoms with Crippen LogP contribution in [0.4, 0.5) is 8.78 Å². The van der Waals surface area contributed by atoms with Gasteiger partial charge in [0.1, 0.15) is 0 Å². The quantitative estimate of drug-likeness (QED) is 0.637. The number of Topliss-reactive ketones (excluding diaryl/α,β-unsaturated/α-hetero) is 1. The van der Waals surface area contributed by atoms with Gasteiger partial charge in [0, 0.05) is 5.92 Å². The molecule has 0 aromatic rings. The van der Waals surface area contributed by atoms with Crippen molar-refractivity contribution in [3.8, 4) is 0 Å². The van der Waals surface area contributed by atoms with Crippen molar-refractivity contribution in [2.75, 3.05) is 6.61 Å². The van der Waals surface area contributed by atoms with Crippen molar-refractivity contribution in [1.29, 1.82) is 0 Å². The SMILES string of the molecule is CCOC(F)(F)C(=O)C(C)C. The molecule has 0 heterocycles. The maximum absolute atomic E-state index is 12.5. The van der Waals surface area contributed by atoms with Gasteiger partial charge in [0.05, 0.1) is 6.61 Å². The highest BCUT2D eigenvalue weighted by Gasteiger charge is 2.40. The monoisotopic (exact) mass is 166 g/mol. The molecule has 66 valence electrons. The summed E-state index contributed by atoms with van der Waals surface area (Å²) >= 11 is 0. The molecule has 0 fully saturated rings. The van der Waals surface area contributed by atoms with Gasteiger partial charge in [-0.25, -0.2) is 0 Å². The Labute approximate surface area is 64.5 Å². The molecule has 0 atom stereocenters. The number of hydrogen-bond donors (Lipinski definition) is 0. The van der Waals surface area contributed by atoms with Gasteiger partial charge in [-0.2, -0.15) is 8.78 Å². The lowest BCUT2D eigenvalue weighted by Crippen LogP contribution is -2.35. The van der Waals surface area contributed by atoms with Crippen LogP contribution in [0.15, 0.2) is 0 Å². The Bertz CT molecular complexity index is 143. The number of alkyl halides is 2. The Morgan fingerprint density at radius 3 is 2.27 bits per heavy atom. The molecule has 0 aliphatic heterocycles. The van der Waals surface area contributed by atoms with Crippen LogP contribution in [-0.2, 0) is 9.53 Å². The summed E-state index contributed by atoms with van der Waals surface area (Å²) in [4.78, 5) is 10.7. The maximum atomic E-state index is 12.5. The number of carbonyl (C=O) groups excluding carboxylic acids is 1. The Balaban J connectivity index is 4.17. The van der Waals surface area contributed by atoms with Crippen LogP contribution in [-0.4, -0.2) is 18.5 Å². The van der Waals surface area contributed by atoms with Crippen molar-refractivity contribution in [3.63, 3.8) is 0 Å². The lowest BCUT2D eigenvalue weighted by Gasteiger charge is -2.15. The Kier molecular flexibility index (Phi) is 3.58. The molecule has 0 aliphatic rings. The normalized spacial score (nSPS) is 12.2. The summed E-state index contributed by atoms with van der Waals surface area (Å²) < 4.78 is 29.0. The molecule has 0 radical (unpaired) electrons. The number of ether oxygens (including phenoxy) is 1. The maximum Gasteiger partial charge on any atom is 0.416 e. The van der Waals surface area contributed by atoms with E-state index >= 15 is 0 Å². The first-order valence-electron chi connectivity index (χ1n) is 3.48. The number of halogens is 2. The molecule has 0 aromatic carbocycles. The first kappa shape index (κ1) is 10.5. The van der Waals surface area contributed by atoms with E-state index in [2.05, 4.69) is 4.74 Å². The number of ketones is 1. The van der Waals surface area contributed by atoms with E-state index in [4.69, 9.17) is 0 Å². The number of hydrogen-bond acceptors (Lipinski definition) is 2. The summed E-state index contributed by atoms with van der Waals surface area (Å²) in [7, 11) is 0. The van der Waals surface area contributed by atoms with Gasteiger partial charge in [-0.05, 0) is 6.92 Å². The van der Waals surface area contributed by atoms with Gasteiger partial charge >= 0.3 is 6.11 Å². The van der Waals surface area contributed by atoms with Crippen molar-refractivity contribution in [2.24, 2.45) is 5.92 Å². The standard InChI is InChI=1S/C7H12F2O2/c1-4-11-7(8,9)6(10)5(2)3/h5H,4H2,1-3H3. The van der Waals surface area contributed by atoms with Crippen molar-refractivity contribution in [2.45, 2.75) is 26.9 Å². The van der Waals surface area contributed by atoms with E-state index in [0.717, 1.165) is 0 Å². The Hall–Kier alpha value is -0.510. The van der Waals surface area contributed by atoms with Gasteiger partial charge < -0.3 is 4.74 Å². The smallest absolute Gasteiger partial charge is 0.315 e. The predicted octanol–water partition coefficient (Wildman–Crippen LogP) is 1.84. The minimum absolute atomic E-state index is 0.161. The lowest BCUT2D eigenvalue weighted by molar-refractivity contribution is -0.229. The van der Waals surface area contributed by atoms with Gasteiger partial charge in [0.15, 0.2) is 0 Å². The van der Waals surface area contributed by atoms with E-state index in [-0.39, 0.29) is 6.61 Å². The third kappa shape index (κ3) is 2.93. The van der Waals surface area contributed by atoms with E-state index in [1.807, 2.05) is 0 Å². The van der Waals surface area contributed by atoms with Crippen LogP contribution >= 0.6 is 0 Å². The van der Waals surface area contributed by atoms with Crippen LogP contribution in [0.2, 0.25) is 0 Å². The van der Waals surface area contributed by atoms with E-state index in [0.29, 0.717) is 0 Å². The van der Waals surface area contributed by atoms with Gasteiger partial charge in [-0.15, -0.1) is 0 Å². The lowest BCUT2D eigenvalue weighted by atomic mass is 10.1. The van der Waals surface area contributed by atoms with Crippen LogP contribution in [0.1, 0.15) is 20.8 Å². The fraction of sp³-hybridized carbons (Fsp3) is 0.857. The minimum Gasteiger partial charge on any atom is -0.315 e. The summed E-state index contributed by atoms with van der Waals surface area (Å²) in [6.07, 6.45) is -3.61. The van der Waals surface area contributed by atoms with Crippen LogP contribution in [0.5, 0.6) is 0 Å². The highest BCUT2D eigenvalue weighted by atomic mass is 19.3. The first-order chi connectivity index (χ1) is 4.91. The van der Waals surface area contributed by atoms with Crippen LogP contribution in [0, 0.1) is 5.92 Å². The first-order valence-corrected chi connectivity index (χ1v) is 3.48. The average molecular weight is 166 g/mol. The van der Waals surface area contributed by atoms with Gasteiger partial charge in [0.25, 0.3) is 0 Å². The summed E-state index contributed by atoms with van der Waals surface area (Å²) in [5.41, 5.74) is 0. The molecule has 0 amide bonds. The molecule has 0 N–H and O–H groups in total. The molecular formula is C7H12F2O2. The molecule has 0 unspecified atom stereocenters. The van der Waals surface area contributed by atoms with E-state index < -0.39 is 17.8 Å². The summed E-state index contributed by atoms with van der Waals surface area (Å²) in [5, 5.41) is 0. The summed E-state index contributed by atoms with van der Waals surface area (Å²) in [6, 6.07) is 0. The van der Waals surface area contributed by atoms with Crippen molar-refractivity contribution in [1.82, 2.24) is 0 Å². The molecule has 0 bridgehead atoms. The third-order valence-corrected chi connectivity index (χ3v) is 1.14. The molecule has 4 heteroatoms. The van der Waals surface area contributed by atoms with Crippen molar-refractivity contribution < 1.29 is 18.3 Å². The highest BCUT2D eigenvalue weighted by Crippen LogP contribution is 2.20. The van der Waals surface area contributed by atoms with E-state index in [9.17, 15) is 13.6 Å². The molecule has 0 rings (SSSR count). The van der Waals surface area contributed by atoms with E-state index in [1.165, 1.54) is 20.8 Å². The molecule has 2 nitrogen and oxygen atoms in total. The summed E-state index contributed by atoms with van der Waals surface area (Å²) in [5.74, 6) is -1.86. The zero-order valence-corrected chi connectivity index (χ0v) is 6.86. The highest BCUT2D eigenvalue weighted by molar-refractivity contribution is 5.85. The van der Waals surface area contributed by atoms with E-state index in [1.54, 1.807) is 0 Å². The Morgan fingerprint density at radius 2 is 2.00 bits per heavy atom. The minimum atomic E-state index is -3.61. The molecule has 0 saturated heterocycles. The van der Waals surface area contributed by atoms with Crippen LogP contribution in [0.25, 0.3) is 0 Å². The Morgan fingerprint density at radius 1 is 1.55 bits per heavy atom. The topological polar surface area (TPSA) is 26.3 Å². The second-order valence-electron chi connectivity index (χ2n) is 2.47. The molecule has 0 aliphatic carbocycles. The zero-order valence-electron chi connectivity index (χ0n) is 6.86. The van der Waals surface area contributed by atoms with Crippen molar-refractivity contribution >= 4 is 5.78 Å². The van der Waals surface area contributed by atoms with Crippen LogP contribution in [0.3, 0.4) is 0 Å². The van der Waals surface area contributed by atoms with Crippen LogP contribution < -0.4 is 0 Å². The van der Waals surface area contributed by atoms with Gasteiger partial charge in [0.2, 0.25) is 5.78 Å². The largest absolute Gasteiger partial charge is 0.416 e. The third-order valence-electron chi connectivity index (χ3n) is 1.14. The fourth-order valence-electron chi connectivity index (χ4n) is 0.588. The second kappa shape index (κ2) is 3.76. The second-order valence-corrected chi connectivity index (χ2v) is 2.47. The summed E-state index contributed by atoms with van der Waals surface area (Å²) in [6.45, 7) is 4.08. The predicted molar refractivity (Wildman–Crippen MR) is 36.4 cm³/mol.